The number of ether oxygens (including phenoxy) is 1. The number of phenols is 1. The summed E-state index contributed by atoms with van der Waals surface area (Å²) in [5.41, 5.74) is 7.44. The molecule has 2 aromatic carbocycles. The van der Waals surface area contributed by atoms with Gasteiger partial charge in [-0.15, -0.1) is 0 Å². The molecule has 8 heteroatoms. The molecule has 1 unspecified atom stereocenters. The Hall–Kier alpha value is -2.89. The fourth-order valence-corrected chi connectivity index (χ4v) is 4.03. The van der Waals surface area contributed by atoms with Crippen LogP contribution in [-0.2, 0) is 21.1 Å². The minimum Gasteiger partial charge on any atom is -0.508 e. The Kier molecular flexibility index (Phi) is 11.8. The number of hydrogen-bond acceptors (Lipinski definition) is 7. The van der Waals surface area contributed by atoms with Crippen LogP contribution in [0.15, 0.2) is 45.4 Å². The molecule has 0 fully saturated rings. The summed E-state index contributed by atoms with van der Waals surface area (Å²) in [5.74, 6) is 2.91. The van der Waals surface area contributed by atoms with Crippen molar-refractivity contribution in [3.8, 4) is 33.8 Å². The molecule has 0 bridgehead atoms. The second-order valence-electron chi connectivity index (χ2n) is 9.04. The van der Waals surface area contributed by atoms with Crippen molar-refractivity contribution in [2.45, 2.75) is 60.5 Å². The van der Waals surface area contributed by atoms with Gasteiger partial charge in [-0.3, -0.25) is 0 Å². The summed E-state index contributed by atoms with van der Waals surface area (Å²) in [5, 5.41) is 27.4. The molecule has 1 atom stereocenters. The van der Waals surface area contributed by atoms with E-state index in [9.17, 15) is 10.2 Å². The van der Waals surface area contributed by atoms with E-state index in [-0.39, 0.29) is 34.2 Å². The van der Waals surface area contributed by atoms with Gasteiger partial charge in [0.1, 0.15) is 23.0 Å². The molecule has 0 aliphatic rings. The van der Waals surface area contributed by atoms with E-state index in [1.165, 1.54) is 0 Å². The third-order valence-corrected chi connectivity index (χ3v) is 5.90. The van der Waals surface area contributed by atoms with Crippen molar-refractivity contribution in [3.63, 3.8) is 0 Å². The van der Waals surface area contributed by atoms with Gasteiger partial charge in [0.2, 0.25) is 0 Å². The second kappa shape index (κ2) is 13.6. The van der Waals surface area contributed by atoms with Gasteiger partial charge in [-0.1, -0.05) is 30.2 Å². The SMILES string of the molecule is COc1cc(-c2c(C)noc2C)cc(C(C)O)c1.Cc1noc(C)c1-c1cc(O)cc(C(C)C)c1.[CH3-].[W]. The summed E-state index contributed by atoms with van der Waals surface area (Å²) < 4.78 is 15.6. The Labute approximate surface area is 234 Å². The van der Waals surface area contributed by atoms with Gasteiger partial charge >= 0.3 is 0 Å². The first kappa shape index (κ1) is 32.1. The zero-order valence-electron chi connectivity index (χ0n) is 23.0. The van der Waals surface area contributed by atoms with Crippen LogP contribution < -0.4 is 4.74 Å². The van der Waals surface area contributed by atoms with E-state index in [0.717, 1.165) is 56.3 Å². The van der Waals surface area contributed by atoms with Crippen molar-refractivity contribution in [2.24, 2.45) is 0 Å². The van der Waals surface area contributed by atoms with Gasteiger partial charge in [0.25, 0.3) is 0 Å². The summed E-state index contributed by atoms with van der Waals surface area (Å²) >= 11 is 0. The maximum Gasteiger partial charge on any atom is 0.141 e. The van der Waals surface area contributed by atoms with Crippen molar-refractivity contribution in [1.29, 1.82) is 0 Å². The number of nitrogens with zero attached hydrogens (tertiary/aromatic N) is 2. The molecule has 2 heterocycles. The van der Waals surface area contributed by atoms with Crippen LogP contribution in [0.25, 0.3) is 22.3 Å². The fourth-order valence-electron chi connectivity index (χ4n) is 4.03. The monoisotopic (exact) mass is 677 g/mol. The Balaban J connectivity index is 0.000000351. The quantitative estimate of drug-likeness (QED) is 0.215. The Morgan fingerprint density at radius 3 is 1.65 bits per heavy atom. The molecule has 4 rings (SSSR count). The number of aliphatic hydroxyl groups is 1. The van der Waals surface area contributed by atoms with Gasteiger partial charge in [-0.25, -0.2) is 0 Å². The molecular weight excluding hydrogens is 640 g/mol. The molecule has 37 heavy (non-hydrogen) atoms. The van der Waals surface area contributed by atoms with Crippen molar-refractivity contribution in [3.05, 3.63) is 77.9 Å². The summed E-state index contributed by atoms with van der Waals surface area (Å²) in [6, 6.07) is 11.3. The largest absolute Gasteiger partial charge is 0.508 e. The zero-order chi connectivity index (χ0) is 25.9. The maximum atomic E-state index is 9.77. The predicted molar refractivity (Wildman–Crippen MR) is 142 cm³/mol. The number of aliphatic hydroxyl groups excluding tert-OH is 1. The van der Waals surface area contributed by atoms with Crippen LogP contribution in [0.2, 0.25) is 0 Å². The van der Waals surface area contributed by atoms with Gasteiger partial charge in [0, 0.05) is 32.2 Å². The fraction of sp³-hybridized carbons (Fsp3) is 0.345. The van der Waals surface area contributed by atoms with E-state index in [1.807, 2.05) is 45.9 Å². The van der Waals surface area contributed by atoms with Crippen LogP contribution in [0, 0.1) is 35.1 Å². The summed E-state index contributed by atoms with van der Waals surface area (Å²) in [6.07, 6.45) is -0.542. The molecule has 0 saturated heterocycles. The van der Waals surface area contributed by atoms with Crippen molar-refractivity contribution < 1.29 is 45.1 Å². The number of rotatable bonds is 5. The zero-order valence-corrected chi connectivity index (χ0v) is 26.0. The van der Waals surface area contributed by atoms with E-state index >= 15 is 0 Å². The number of phenolic OH excluding ortho intramolecular Hbond substituents is 1. The minimum absolute atomic E-state index is 0. The number of aromatic nitrogens is 2. The Bertz CT molecular complexity index is 1270. The summed E-state index contributed by atoms with van der Waals surface area (Å²) in [6.45, 7) is 13.5. The molecule has 0 aliphatic heterocycles. The second-order valence-corrected chi connectivity index (χ2v) is 9.04. The van der Waals surface area contributed by atoms with Gasteiger partial charge in [0.15, 0.2) is 0 Å². The number of benzene rings is 2. The average Bonchev–Trinajstić information content (AvgIpc) is 3.33. The van der Waals surface area contributed by atoms with Crippen LogP contribution >= 0.6 is 0 Å². The molecule has 2 aromatic heterocycles. The third-order valence-electron chi connectivity index (χ3n) is 5.90. The smallest absolute Gasteiger partial charge is 0.141 e. The number of aryl methyl sites for hydroxylation is 4. The Morgan fingerprint density at radius 1 is 0.757 bits per heavy atom. The number of aromatic hydroxyl groups is 1. The number of methoxy groups -OCH3 is 1. The van der Waals surface area contributed by atoms with Crippen LogP contribution in [0.1, 0.15) is 66.8 Å². The number of hydrogen-bond donors (Lipinski definition) is 2. The average molecular weight is 677 g/mol. The first-order valence-electron chi connectivity index (χ1n) is 11.6. The van der Waals surface area contributed by atoms with Crippen LogP contribution in [0.5, 0.6) is 11.5 Å². The third kappa shape index (κ3) is 7.56. The minimum atomic E-state index is -0.542. The molecule has 0 amide bonds. The van der Waals surface area contributed by atoms with Crippen molar-refractivity contribution >= 4 is 0 Å². The molecule has 4 aromatic rings. The van der Waals surface area contributed by atoms with E-state index in [0.29, 0.717) is 11.7 Å². The van der Waals surface area contributed by atoms with E-state index in [4.69, 9.17) is 13.8 Å². The van der Waals surface area contributed by atoms with Crippen LogP contribution in [0.3, 0.4) is 0 Å². The molecule has 200 valence electrons. The normalized spacial score (nSPS) is 11.2. The first-order valence-corrected chi connectivity index (χ1v) is 11.6. The van der Waals surface area contributed by atoms with Gasteiger partial charge in [-0.2, -0.15) is 0 Å². The summed E-state index contributed by atoms with van der Waals surface area (Å²) in [7, 11) is 1.61. The van der Waals surface area contributed by atoms with Crippen molar-refractivity contribution in [2.75, 3.05) is 7.11 Å². The molecule has 0 aliphatic carbocycles. The molecule has 7 nitrogen and oxygen atoms in total. The van der Waals surface area contributed by atoms with E-state index in [2.05, 4.69) is 30.2 Å². The predicted octanol–water partition coefficient (Wildman–Crippen LogP) is 7.26. The van der Waals surface area contributed by atoms with E-state index < -0.39 is 6.10 Å². The molecule has 0 saturated carbocycles. The maximum absolute atomic E-state index is 9.77. The topological polar surface area (TPSA) is 102 Å². The van der Waals surface area contributed by atoms with Gasteiger partial charge < -0.3 is 31.4 Å². The van der Waals surface area contributed by atoms with E-state index in [1.54, 1.807) is 26.2 Å². The molecule has 0 spiro atoms. The molecule has 0 radical (unpaired) electrons. The standard InChI is InChI=1S/C14H17NO3.C14H17NO2.CH3.W/c1-8-14(10(3)18-15-8)12-5-11(9(2)16)6-13(7-12)17-4;1-8(2)11-5-12(7-13(16)6-11)14-9(3)15-17-10(14)4;;/h5-7,9,16H,1-4H3;5-8,16H,1-4H3;1H3;/q;;-1;. The summed E-state index contributed by atoms with van der Waals surface area (Å²) in [4.78, 5) is 0. The molecular formula is C29H37N2O5W-. The van der Waals surface area contributed by atoms with Gasteiger partial charge in [0.05, 0.1) is 24.6 Å². The van der Waals surface area contributed by atoms with Crippen molar-refractivity contribution in [1.82, 2.24) is 10.3 Å². The molecule has 2 N–H and O–H groups in total. The van der Waals surface area contributed by atoms with Gasteiger partial charge in [-0.05, 0) is 93.1 Å². The van der Waals surface area contributed by atoms with Crippen LogP contribution in [0.4, 0.5) is 0 Å². The first-order chi connectivity index (χ1) is 16.5. The van der Waals surface area contributed by atoms with Crippen LogP contribution in [-0.4, -0.2) is 27.6 Å². The Morgan fingerprint density at radius 2 is 1.24 bits per heavy atom.